The van der Waals surface area contributed by atoms with Crippen molar-refractivity contribution in [3.8, 4) is 0 Å². The zero-order valence-electron chi connectivity index (χ0n) is 17.8. The fourth-order valence-electron chi connectivity index (χ4n) is 2.99. The number of morpholine rings is 1. The number of rotatable bonds is 9. The van der Waals surface area contributed by atoms with Gasteiger partial charge in [0.15, 0.2) is 5.96 Å². The standard InChI is InChI=1S/C19H35N5O2S.HI/c1-6-20-19(21-11-15(2)12-24-7-9-26-10-8-24)23(4)13-17-14-27-18(22-17)16(3)25-5;/h14-16H,6-13H2,1-5H3,(H,20,21);1H. The smallest absolute Gasteiger partial charge is 0.194 e. The second-order valence-electron chi connectivity index (χ2n) is 7.12. The minimum absolute atomic E-state index is 0. The van der Waals surface area contributed by atoms with Crippen molar-refractivity contribution >= 4 is 41.3 Å². The van der Waals surface area contributed by atoms with Crippen LogP contribution >= 0.6 is 35.3 Å². The number of halogens is 1. The maximum absolute atomic E-state index is 5.42. The highest BCUT2D eigenvalue weighted by molar-refractivity contribution is 14.0. The van der Waals surface area contributed by atoms with E-state index in [0.29, 0.717) is 5.92 Å². The summed E-state index contributed by atoms with van der Waals surface area (Å²) in [6.07, 6.45) is 0.0389. The number of aliphatic imine (C=N–C) groups is 1. The zero-order chi connectivity index (χ0) is 19.6. The first-order valence-corrected chi connectivity index (χ1v) is 10.7. The van der Waals surface area contributed by atoms with Gasteiger partial charge in [-0.15, -0.1) is 35.3 Å². The van der Waals surface area contributed by atoms with E-state index in [4.69, 9.17) is 14.5 Å². The molecular formula is C19H36IN5O2S. The van der Waals surface area contributed by atoms with Crippen molar-refractivity contribution in [3.63, 3.8) is 0 Å². The molecule has 1 saturated heterocycles. The summed E-state index contributed by atoms with van der Waals surface area (Å²) in [5.74, 6) is 1.44. The molecule has 1 aromatic heterocycles. The van der Waals surface area contributed by atoms with Gasteiger partial charge in [-0.3, -0.25) is 9.89 Å². The van der Waals surface area contributed by atoms with E-state index in [9.17, 15) is 0 Å². The third-order valence-electron chi connectivity index (χ3n) is 4.59. The summed E-state index contributed by atoms with van der Waals surface area (Å²) in [5, 5.41) is 6.51. The molecule has 2 heterocycles. The maximum Gasteiger partial charge on any atom is 0.194 e. The summed E-state index contributed by atoms with van der Waals surface area (Å²) in [6, 6.07) is 0. The van der Waals surface area contributed by atoms with E-state index >= 15 is 0 Å². The third-order valence-corrected chi connectivity index (χ3v) is 5.65. The Bertz CT molecular complexity index is 580. The van der Waals surface area contributed by atoms with Crippen molar-refractivity contribution in [1.29, 1.82) is 0 Å². The van der Waals surface area contributed by atoms with Crippen LogP contribution in [0.4, 0.5) is 0 Å². The van der Waals surface area contributed by atoms with Gasteiger partial charge in [0, 0.05) is 52.3 Å². The van der Waals surface area contributed by atoms with E-state index in [0.717, 1.165) is 69.1 Å². The highest BCUT2D eigenvalue weighted by Crippen LogP contribution is 2.20. The van der Waals surface area contributed by atoms with E-state index in [1.807, 2.05) is 6.92 Å². The second-order valence-corrected chi connectivity index (χ2v) is 8.01. The van der Waals surface area contributed by atoms with Crippen LogP contribution in [-0.4, -0.2) is 80.8 Å². The van der Waals surface area contributed by atoms with Crippen molar-refractivity contribution < 1.29 is 9.47 Å². The molecule has 1 aliphatic heterocycles. The summed E-state index contributed by atoms with van der Waals surface area (Å²) in [7, 11) is 3.78. The zero-order valence-corrected chi connectivity index (χ0v) is 21.0. The predicted molar refractivity (Wildman–Crippen MR) is 127 cm³/mol. The Kier molecular flexibility index (Phi) is 12.5. The SMILES string of the molecule is CCNC(=NCC(C)CN1CCOCC1)N(C)Cc1csc(C(C)OC)n1.I. The molecule has 2 unspecified atom stereocenters. The number of guanidine groups is 1. The average Bonchev–Trinajstić information content (AvgIpc) is 3.13. The lowest BCUT2D eigenvalue weighted by molar-refractivity contribution is 0.0323. The lowest BCUT2D eigenvalue weighted by atomic mass is 10.1. The Hall–Kier alpha value is -0.490. The topological polar surface area (TPSA) is 62.2 Å². The predicted octanol–water partition coefficient (Wildman–Crippen LogP) is 2.83. The molecule has 0 saturated carbocycles. The molecule has 1 fully saturated rings. The lowest BCUT2D eigenvalue weighted by Gasteiger charge is -2.29. The molecule has 0 aromatic carbocycles. The number of hydrogen-bond donors (Lipinski definition) is 1. The number of thiazole rings is 1. The first-order chi connectivity index (χ1) is 13.0. The van der Waals surface area contributed by atoms with Crippen LogP contribution in [-0.2, 0) is 16.0 Å². The molecule has 0 spiro atoms. The Labute approximate surface area is 190 Å². The van der Waals surface area contributed by atoms with Gasteiger partial charge in [0.1, 0.15) is 11.1 Å². The highest BCUT2D eigenvalue weighted by Gasteiger charge is 2.15. The molecule has 0 bridgehead atoms. The number of methoxy groups -OCH3 is 1. The molecule has 162 valence electrons. The Morgan fingerprint density at radius 3 is 2.79 bits per heavy atom. The number of hydrogen-bond acceptors (Lipinski definition) is 6. The highest BCUT2D eigenvalue weighted by atomic mass is 127. The van der Waals surface area contributed by atoms with Gasteiger partial charge in [-0.2, -0.15) is 0 Å². The van der Waals surface area contributed by atoms with Gasteiger partial charge in [-0.1, -0.05) is 6.92 Å². The molecule has 1 N–H and O–H groups in total. The van der Waals surface area contributed by atoms with Gasteiger partial charge in [0.2, 0.25) is 0 Å². The largest absolute Gasteiger partial charge is 0.379 e. The molecule has 9 heteroatoms. The van der Waals surface area contributed by atoms with Crippen molar-refractivity contribution in [2.45, 2.75) is 33.4 Å². The van der Waals surface area contributed by atoms with Crippen molar-refractivity contribution in [1.82, 2.24) is 20.1 Å². The van der Waals surface area contributed by atoms with E-state index in [1.165, 1.54) is 0 Å². The van der Waals surface area contributed by atoms with Crippen LogP contribution in [0.1, 0.15) is 37.6 Å². The normalized spacial score (nSPS) is 17.7. The maximum atomic E-state index is 5.42. The Morgan fingerprint density at radius 2 is 2.14 bits per heavy atom. The van der Waals surface area contributed by atoms with E-state index < -0.39 is 0 Å². The monoisotopic (exact) mass is 525 g/mol. The molecular weight excluding hydrogens is 489 g/mol. The van der Waals surface area contributed by atoms with Crippen LogP contribution in [0.3, 0.4) is 0 Å². The summed E-state index contributed by atoms with van der Waals surface area (Å²) in [6.45, 7) is 13.6. The van der Waals surface area contributed by atoms with E-state index in [1.54, 1.807) is 18.4 Å². The van der Waals surface area contributed by atoms with Crippen LogP contribution in [0.5, 0.6) is 0 Å². The van der Waals surface area contributed by atoms with Gasteiger partial charge in [0.25, 0.3) is 0 Å². The molecule has 2 atom stereocenters. The Morgan fingerprint density at radius 1 is 1.43 bits per heavy atom. The quantitative estimate of drug-likeness (QED) is 0.304. The molecule has 1 aromatic rings. The summed E-state index contributed by atoms with van der Waals surface area (Å²) in [4.78, 5) is 14.2. The number of nitrogens with one attached hydrogen (secondary N) is 1. The van der Waals surface area contributed by atoms with Crippen molar-refractivity contribution in [2.75, 3.05) is 60.1 Å². The summed E-state index contributed by atoms with van der Waals surface area (Å²) in [5.41, 5.74) is 1.05. The van der Waals surface area contributed by atoms with Gasteiger partial charge in [-0.25, -0.2) is 4.98 Å². The summed E-state index contributed by atoms with van der Waals surface area (Å²) >= 11 is 1.65. The van der Waals surface area contributed by atoms with E-state index in [-0.39, 0.29) is 30.1 Å². The molecule has 0 amide bonds. The minimum Gasteiger partial charge on any atom is -0.379 e. The van der Waals surface area contributed by atoms with Gasteiger partial charge >= 0.3 is 0 Å². The number of nitrogens with zero attached hydrogens (tertiary/aromatic N) is 4. The Balaban J connectivity index is 0.00000392. The first-order valence-electron chi connectivity index (χ1n) is 9.80. The number of aromatic nitrogens is 1. The van der Waals surface area contributed by atoms with Crippen LogP contribution in [0, 0.1) is 5.92 Å². The van der Waals surface area contributed by atoms with Crippen LogP contribution in [0.15, 0.2) is 10.4 Å². The van der Waals surface area contributed by atoms with Crippen molar-refractivity contribution in [3.05, 3.63) is 16.1 Å². The molecule has 0 aliphatic carbocycles. The van der Waals surface area contributed by atoms with Gasteiger partial charge in [0.05, 0.1) is 25.5 Å². The minimum atomic E-state index is 0. The lowest BCUT2D eigenvalue weighted by Crippen LogP contribution is -2.40. The molecule has 0 radical (unpaired) electrons. The van der Waals surface area contributed by atoms with Crippen LogP contribution in [0.2, 0.25) is 0 Å². The first kappa shape index (κ1) is 25.5. The second kappa shape index (κ2) is 13.7. The summed E-state index contributed by atoms with van der Waals surface area (Å²) < 4.78 is 10.8. The van der Waals surface area contributed by atoms with E-state index in [2.05, 4.69) is 46.4 Å². The fourth-order valence-corrected chi connectivity index (χ4v) is 3.84. The third kappa shape index (κ3) is 8.48. The van der Waals surface area contributed by atoms with Gasteiger partial charge < -0.3 is 19.7 Å². The van der Waals surface area contributed by atoms with Crippen LogP contribution < -0.4 is 5.32 Å². The number of ether oxygens (including phenoxy) is 2. The van der Waals surface area contributed by atoms with Crippen LogP contribution in [0.25, 0.3) is 0 Å². The van der Waals surface area contributed by atoms with Gasteiger partial charge in [-0.05, 0) is 19.8 Å². The molecule has 7 nitrogen and oxygen atoms in total. The molecule has 28 heavy (non-hydrogen) atoms. The molecule has 1 aliphatic rings. The molecule has 2 rings (SSSR count). The average molecular weight is 526 g/mol. The fraction of sp³-hybridized carbons (Fsp3) is 0.789. The van der Waals surface area contributed by atoms with Crippen molar-refractivity contribution in [2.24, 2.45) is 10.9 Å².